The van der Waals surface area contributed by atoms with E-state index < -0.39 is 10.0 Å². The van der Waals surface area contributed by atoms with Gasteiger partial charge < -0.3 is 5.73 Å². The van der Waals surface area contributed by atoms with Gasteiger partial charge in [-0.15, -0.1) is 0 Å². The number of nitrogens with zero attached hydrogens (tertiary/aromatic N) is 1. The molecule has 1 fully saturated rings. The molecule has 1 aromatic rings. The fourth-order valence-electron chi connectivity index (χ4n) is 2.67. The van der Waals surface area contributed by atoms with Gasteiger partial charge in [0.05, 0.1) is 5.75 Å². The fraction of sp³-hybridized carbons (Fsp3) is 0.533. The smallest absolute Gasteiger partial charge is 0.218 e. The largest absolute Gasteiger partial charge is 0.389 e. The van der Waals surface area contributed by atoms with Gasteiger partial charge in [0.2, 0.25) is 10.0 Å². The molecule has 1 unspecified atom stereocenters. The van der Waals surface area contributed by atoms with Crippen LogP contribution in [0.4, 0.5) is 0 Å². The highest BCUT2D eigenvalue weighted by atomic mass is 32.2. The van der Waals surface area contributed by atoms with Crippen molar-refractivity contribution in [3.63, 3.8) is 0 Å². The van der Waals surface area contributed by atoms with Crippen molar-refractivity contribution >= 4 is 27.2 Å². The molecule has 2 N–H and O–H groups in total. The first kappa shape index (κ1) is 16.4. The van der Waals surface area contributed by atoms with E-state index in [1.165, 1.54) is 0 Å². The van der Waals surface area contributed by atoms with Crippen LogP contribution in [-0.2, 0) is 15.8 Å². The summed E-state index contributed by atoms with van der Waals surface area (Å²) in [6.45, 7) is 5.55. The van der Waals surface area contributed by atoms with E-state index >= 15 is 0 Å². The summed E-state index contributed by atoms with van der Waals surface area (Å²) in [6.07, 6.45) is 0.948. The predicted octanol–water partition coefficient (Wildman–Crippen LogP) is 2.13. The SMILES string of the molecule is CC(C)C1CCN(S(=O)(=O)Cc2cccc(C(N)=S)c2)C1. The summed E-state index contributed by atoms with van der Waals surface area (Å²) in [5.74, 6) is 0.986. The lowest BCUT2D eigenvalue weighted by Crippen LogP contribution is -2.30. The Balaban J connectivity index is 2.11. The van der Waals surface area contributed by atoms with Crippen molar-refractivity contribution in [3.8, 4) is 0 Å². The van der Waals surface area contributed by atoms with Crippen LogP contribution < -0.4 is 5.73 Å². The molecule has 1 atom stereocenters. The zero-order chi connectivity index (χ0) is 15.6. The van der Waals surface area contributed by atoms with Crippen LogP contribution in [0.2, 0.25) is 0 Å². The van der Waals surface area contributed by atoms with Gasteiger partial charge >= 0.3 is 0 Å². The van der Waals surface area contributed by atoms with Gasteiger partial charge in [-0.05, 0) is 29.9 Å². The van der Waals surface area contributed by atoms with Gasteiger partial charge in [-0.2, -0.15) is 0 Å². The molecular formula is C15H22N2O2S2. The molecule has 0 aromatic heterocycles. The molecule has 1 heterocycles. The van der Waals surface area contributed by atoms with Crippen molar-refractivity contribution in [1.29, 1.82) is 0 Å². The van der Waals surface area contributed by atoms with Crippen molar-refractivity contribution in [1.82, 2.24) is 4.31 Å². The molecule has 21 heavy (non-hydrogen) atoms. The maximum atomic E-state index is 12.5. The average molecular weight is 326 g/mol. The summed E-state index contributed by atoms with van der Waals surface area (Å²) in [7, 11) is -3.27. The highest BCUT2D eigenvalue weighted by Crippen LogP contribution is 2.27. The zero-order valence-corrected chi connectivity index (χ0v) is 14.1. The summed E-state index contributed by atoms with van der Waals surface area (Å²) < 4.78 is 26.6. The number of nitrogens with two attached hydrogens (primary N) is 1. The van der Waals surface area contributed by atoms with Crippen LogP contribution >= 0.6 is 12.2 Å². The van der Waals surface area contributed by atoms with E-state index in [2.05, 4.69) is 13.8 Å². The number of hydrogen-bond acceptors (Lipinski definition) is 3. The van der Waals surface area contributed by atoms with Gasteiger partial charge in [0.15, 0.2) is 0 Å². The molecule has 0 bridgehead atoms. The Labute approximate surface area is 132 Å². The normalized spacial score (nSPS) is 20.0. The van der Waals surface area contributed by atoms with Crippen LogP contribution in [0.1, 0.15) is 31.4 Å². The van der Waals surface area contributed by atoms with E-state index in [1.807, 2.05) is 0 Å². The quantitative estimate of drug-likeness (QED) is 0.842. The Morgan fingerprint density at radius 2 is 2.19 bits per heavy atom. The second-order valence-corrected chi connectivity index (χ2v) is 8.38. The van der Waals surface area contributed by atoms with Crippen molar-refractivity contribution in [3.05, 3.63) is 35.4 Å². The molecule has 1 aliphatic heterocycles. The van der Waals surface area contributed by atoms with Gasteiger partial charge in [0.1, 0.15) is 4.99 Å². The van der Waals surface area contributed by atoms with Crippen LogP contribution in [0.15, 0.2) is 24.3 Å². The van der Waals surface area contributed by atoms with Gasteiger partial charge in [-0.3, -0.25) is 0 Å². The molecule has 6 heteroatoms. The average Bonchev–Trinajstić information content (AvgIpc) is 2.89. The topological polar surface area (TPSA) is 63.4 Å². The Kier molecular flexibility index (Phi) is 5.01. The van der Waals surface area contributed by atoms with Crippen LogP contribution in [0.25, 0.3) is 0 Å². The summed E-state index contributed by atoms with van der Waals surface area (Å²) >= 11 is 4.93. The molecule has 2 rings (SSSR count). The first-order chi connectivity index (χ1) is 9.79. The van der Waals surface area contributed by atoms with Gasteiger partial charge in [-0.1, -0.05) is 44.3 Å². The van der Waals surface area contributed by atoms with Crippen molar-refractivity contribution in [2.45, 2.75) is 26.0 Å². The summed E-state index contributed by atoms with van der Waals surface area (Å²) in [6, 6.07) is 7.15. The number of hydrogen-bond donors (Lipinski definition) is 1. The van der Waals surface area contributed by atoms with E-state index in [1.54, 1.807) is 28.6 Å². The molecule has 4 nitrogen and oxygen atoms in total. The van der Waals surface area contributed by atoms with Gasteiger partial charge in [-0.25, -0.2) is 12.7 Å². The minimum Gasteiger partial charge on any atom is -0.389 e. The molecule has 0 spiro atoms. The Hall–Kier alpha value is -0.980. The van der Waals surface area contributed by atoms with Crippen molar-refractivity contribution < 1.29 is 8.42 Å². The third kappa shape index (κ3) is 4.02. The second kappa shape index (κ2) is 6.42. The maximum absolute atomic E-state index is 12.5. The predicted molar refractivity (Wildman–Crippen MR) is 89.5 cm³/mol. The standard InChI is InChI=1S/C15H22N2O2S2/c1-11(2)14-6-7-17(9-14)21(18,19)10-12-4-3-5-13(8-12)15(16)20/h3-5,8,11,14H,6-7,9-10H2,1-2H3,(H2,16,20). The molecule has 1 aromatic carbocycles. The maximum Gasteiger partial charge on any atom is 0.218 e. The number of benzene rings is 1. The monoisotopic (exact) mass is 326 g/mol. The van der Waals surface area contributed by atoms with E-state index in [-0.39, 0.29) is 10.7 Å². The van der Waals surface area contributed by atoms with Crippen LogP contribution in [0.3, 0.4) is 0 Å². The van der Waals surface area contributed by atoms with Crippen LogP contribution in [0.5, 0.6) is 0 Å². The lowest BCUT2D eigenvalue weighted by atomic mass is 9.96. The molecule has 0 aliphatic carbocycles. The lowest BCUT2D eigenvalue weighted by molar-refractivity contribution is 0.388. The van der Waals surface area contributed by atoms with E-state index in [0.717, 1.165) is 12.0 Å². The number of rotatable bonds is 5. The minimum atomic E-state index is -3.27. The van der Waals surface area contributed by atoms with Crippen LogP contribution in [0, 0.1) is 11.8 Å². The number of thiocarbonyl (C=S) groups is 1. The molecule has 1 aliphatic rings. The fourth-order valence-corrected chi connectivity index (χ4v) is 4.38. The lowest BCUT2D eigenvalue weighted by Gasteiger charge is -2.18. The number of sulfonamides is 1. The van der Waals surface area contributed by atoms with E-state index in [9.17, 15) is 8.42 Å². The second-order valence-electron chi connectivity index (χ2n) is 5.97. The van der Waals surface area contributed by atoms with Crippen molar-refractivity contribution in [2.75, 3.05) is 13.1 Å². The summed E-state index contributed by atoms with van der Waals surface area (Å²) in [5, 5.41) is 0. The Bertz CT molecular complexity index is 626. The molecule has 0 radical (unpaired) electrons. The van der Waals surface area contributed by atoms with Gasteiger partial charge in [0.25, 0.3) is 0 Å². The van der Waals surface area contributed by atoms with Crippen LogP contribution in [-0.4, -0.2) is 30.8 Å². The third-order valence-corrected chi connectivity index (χ3v) is 6.14. The van der Waals surface area contributed by atoms with Crippen molar-refractivity contribution in [2.24, 2.45) is 17.6 Å². The molecular weight excluding hydrogens is 304 g/mol. The minimum absolute atomic E-state index is 0.00820. The first-order valence-corrected chi connectivity index (χ1v) is 9.18. The Morgan fingerprint density at radius 3 is 2.76 bits per heavy atom. The van der Waals surface area contributed by atoms with Gasteiger partial charge in [0, 0.05) is 18.7 Å². The molecule has 1 saturated heterocycles. The van der Waals surface area contributed by atoms with E-state index in [4.69, 9.17) is 18.0 Å². The third-order valence-electron chi connectivity index (χ3n) is 4.08. The summed E-state index contributed by atoms with van der Waals surface area (Å²) in [4.78, 5) is 0.287. The molecule has 116 valence electrons. The summed E-state index contributed by atoms with van der Waals surface area (Å²) in [5.41, 5.74) is 7.03. The first-order valence-electron chi connectivity index (χ1n) is 7.16. The Morgan fingerprint density at radius 1 is 1.48 bits per heavy atom. The highest BCUT2D eigenvalue weighted by Gasteiger charge is 2.32. The van der Waals surface area contributed by atoms with E-state index in [0.29, 0.717) is 30.5 Å². The zero-order valence-electron chi connectivity index (χ0n) is 12.5. The molecule has 0 saturated carbocycles. The highest BCUT2D eigenvalue weighted by molar-refractivity contribution is 7.88. The molecule has 0 amide bonds.